The first-order chi connectivity index (χ1) is 8.33. The average molecular weight is 312 g/mol. The summed E-state index contributed by atoms with van der Waals surface area (Å²) in [6.07, 6.45) is 5.69. The van der Waals surface area contributed by atoms with Gasteiger partial charge in [-0.2, -0.15) is 0 Å². The summed E-state index contributed by atoms with van der Waals surface area (Å²) >= 11 is 5.21. The molecule has 1 atom stereocenters. The number of halogens is 1. The Morgan fingerprint density at radius 2 is 2.29 bits per heavy atom. The van der Waals surface area contributed by atoms with Crippen molar-refractivity contribution in [3.05, 3.63) is 27.9 Å². The minimum atomic E-state index is 0.404. The molecule has 3 rings (SSSR count). The van der Waals surface area contributed by atoms with E-state index >= 15 is 0 Å². The van der Waals surface area contributed by atoms with Gasteiger partial charge in [0.05, 0.1) is 26.6 Å². The van der Waals surface area contributed by atoms with E-state index in [9.17, 15) is 0 Å². The van der Waals surface area contributed by atoms with Gasteiger partial charge in [0, 0.05) is 0 Å². The third kappa shape index (κ3) is 2.46. The van der Waals surface area contributed by atoms with Crippen molar-refractivity contribution in [1.82, 2.24) is 15.3 Å². The third-order valence-corrected chi connectivity index (χ3v) is 4.73. The zero-order valence-electron chi connectivity index (χ0n) is 9.37. The molecule has 17 heavy (non-hydrogen) atoms. The summed E-state index contributed by atoms with van der Waals surface area (Å²) in [6, 6.07) is 4.58. The number of thiophene rings is 1. The van der Waals surface area contributed by atoms with Crippen LogP contribution in [0.4, 0.5) is 0 Å². The van der Waals surface area contributed by atoms with Crippen LogP contribution in [0.3, 0.4) is 0 Å². The molecule has 1 aliphatic heterocycles. The SMILES string of the molecule is Brc1ccc(-c2cnc(C3CCCCN3)[nH]2)s1. The van der Waals surface area contributed by atoms with Crippen molar-refractivity contribution in [1.29, 1.82) is 0 Å². The van der Waals surface area contributed by atoms with E-state index in [4.69, 9.17) is 0 Å². The average Bonchev–Trinajstić information content (AvgIpc) is 2.98. The second-order valence-corrected chi connectivity index (χ2v) is 6.75. The summed E-state index contributed by atoms with van der Waals surface area (Å²) in [7, 11) is 0. The van der Waals surface area contributed by atoms with E-state index in [1.165, 1.54) is 24.1 Å². The second-order valence-electron chi connectivity index (χ2n) is 4.29. The molecule has 0 aromatic carbocycles. The fraction of sp³-hybridized carbons (Fsp3) is 0.417. The highest BCUT2D eigenvalue weighted by Crippen LogP contribution is 2.31. The third-order valence-electron chi connectivity index (χ3n) is 3.07. The maximum Gasteiger partial charge on any atom is 0.123 e. The number of nitrogens with one attached hydrogen (secondary N) is 2. The summed E-state index contributed by atoms with van der Waals surface area (Å²) in [4.78, 5) is 9.16. The van der Waals surface area contributed by atoms with Crippen molar-refractivity contribution in [3.8, 4) is 10.6 Å². The van der Waals surface area contributed by atoms with Crippen LogP contribution in [0.25, 0.3) is 10.6 Å². The lowest BCUT2D eigenvalue weighted by molar-refractivity contribution is 0.399. The minimum Gasteiger partial charge on any atom is -0.340 e. The molecule has 2 N–H and O–H groups in total. The van der Waals surface area contributed by atoms with Gasteiger partial charge in [-0.1, -0.05) is 6.42 Å². The first-order valence-corrected chi connectivity index (χ1v) is 7.48. The highest BCUT2D eigenvalue weighted by atomic mass is 79.9. The van der Waals surface area contributed by atoms with Crippen molar-refractivity contribution in [2.75, 3.05) is 6.54 Å². The Kier molecular flexibility index (Phi) is 3.31. The molecular weight excluding hydrogens is 298 g/mol. The molecule has 1 aliphatic rings. The molecule has 1 fully saturated rings. The van der Waals surface area contributed by atoms with Crippen molar-refractivity contribution >= 4 is 27.3 Å². The molecule has 0 aliphatic carbocycles. The Morgan fingerprint density at radius 1 is 1.35 bits per heavy atom. The number of rotatable bonds is 2. The molecule has 1 unspecified atom stereocenters. The molecule has 3 nitrogen and oxygen atoms in total. The van der Waals surface area contributed by atoms with Crippen LogP contribution < -0.4 is 5.32 Å². The van der Waals surface area contributed by atoms with E-state index in [1.807, 2.05) is 6.20 Å². The van der Waals surface area contributed by atoms with Crippen molar-refractivity contribution in [2.45, 2.75) is 25.3 Å². The number of hydrogen-bond acceptors (Lipinski definition) is 3. The maximum atomic E-state index is 4.50. The first-order valence-electron chi connectivity index (χ1n) is 5.87. The lowest BCUT2D eigenvalue weighted by Crippen LogP contribution is -2.27. The predicted octanol–water partition coefficient (Wildman–Crippen LogP) is 3.72. The Morgan fingerprint density at radius 3 is 3.00 bits per heavy atom. The Hall–Kier alpha value is -0.650. The number of H-pyrrole nitrogens is 1. The number of piperidine rings is 1. The van der Waals surface area contributed by atoms with Crippen LogP contribution in [0.2, 0.25) is 0 Å². The quantitative estimate of drug-likeness (QED) is 0.887. The van der Waals surface area contributed by atoms with E-state index in [1.54, 1.807) is 11.3 Å². The van der Waals surface area contributed by atoms with Crippen LogP contribution in [0.5, 0.6) is 0 Å². The van der Waals surface area contributed by atoms with Crippen LogP contribution in [0.1, 0.15) is 31.1 Å². The van der Waals surface area contributed by atoms with Crippen molar-refractivity contribution in [3.63, 3.8) is 0 Å². The molecule has 0 bridgehead atoms. The lowest BCUT2D eigenvalue weighted by Gasteiger charge is -2.21. The summed E-state index contributed by atoms with van der Waals surface area (Å²) in [5, 5.41) is 3.51. The van der Waals surface area contributed by atoms with Gasteiger partial charge in [-0.15, -0.1) is 11.3 Å². The Bertz CT molecular complexity index is 499. The smallest absolute Gasteiger partial charge is 0.123 e. The molecule has 5 heteroatoms. The Labute approximate surface area is 113 Å². The molecule has 0 saturated carbocycles. The lowest BCUT2D eigenvalue weighted by atomic mass is 10.0. The molecule has 2 aromatic heterocycles. The molecule has 3 heterocycles. The zero-order valence-corrected chi connectivity index (χ0v) is 11.8. The van der Waals surface area contributed by atoms with E-state index in [-0.39, 0.29) is 0 Å². The van der Waals surface area contributed by atoms with Gasteiger partial charge in [-0.05, 0) is 47.4 Å². The van der Waals surface area contributed by atoms with Crippen molar-refractivity contribution < 1.29 is 0 Å². The normalized spacial score (nSPS) is 20.6. The van der Waals surface area contributed by atoms with Crippen molar-refractivity contribution in [2.24, 2.45) is 0 Å². The maximum absolute atomic E-state index is 4.50. The highest BCUT2D eigenvalue weighted by Gasteiger charge is 2.18. The number of aromatic nitrogens is 2. The standard InChI is InChI=1S/C12H14BrN3S/c13-11-5-4-10(17-11)9-7-15-12(16-9)8-3-1-2-6-14-8/h4-5,7-8,14H,1-3,6H2,(H,15,16). The molecule has 0 amide bonds. The van der Waals surface area contributed by atoms with Gasteiger partial charge in [0.25, 0.3) is 0 Å². The first kappa shape index (κ1) is 11.4. The summed E-state index contributed by atoms with van der Waals surface area (Å²) in [5.41, 5.74) is 1.11. The van der Waals surface area contributed by atoms with Gasteiger partial charge in [-0.25, -0.2) is 4.98 Å². The Balaban J connectivity index is 1.82. The summed E-state index contributed by atoms with van der Waals surface area (Å²) < 4.78 is 1.15. The number of nitrogens with zero attached hydrogens (tertiary/aromatic N) is 1. The van der Waals surface area contributed by atoms with Crippen LogP contribution in [-0.2, 0) is 0 Å². The van der Waals surface area contributed by atoms with E-state index in [0.29, 0.717) is 6.04 Å². The van der Waals surface area contributed by atoms with E-state index in [2.05, 4.69) is 43.3 Å². The van der Waals surface area contributed by atoms with Crippen LogP contribution >= 0.6 is 27.3 Å². The van der Waals surface area contributed by atoms with E-state index < -0.39 is 0 Å². The molecule has 2 aromatic rings. The molecule has 1 saturated heterocycles. The van der Waals surface area contributed by atoms with Crippen LogP contribution in [0, 0.1) is 0 Å². The molecule has 0 spiro atoms. The van der Waals surface area contributed by atoms with E-state index in [0.717, 1.165) is 21.8 Å². The topological polar surface area (TPSA) is 40.7 Å². The highest BCUT2D eigenvalue weighted by molar-refractivity contribution is 9.11. The predicted molar refractivity (Wildman–Crippen MR) is 74.2 cm³/mol. The molecular formula is C12H14BrN3S. The second kappa shape index (κ2) is 4.92. The fourth-order valence-electron chi connectivity index (χ4n) is 2.18. The van der Waals surface area contributed by atoms with Gasteiger partial charge in [-0.3, -0.25) is 0 Å². The largest absolute Gasteiger partial charge is 0.340 e. The van der Waals surface area contributed by atoms with Gasteiger partial charge in [0.1, 0.15) is 5.82 Å². The molecule has 90 valence electrons. The van der Waals surface area contributed by atoms with Crippen LogP contribution in [0.15, 0.2) is 22.1 Å². The zero-order chi connectivity index (χ0) is 11.7. The fourth-order valence-corrected chi connectivity index (χ4v) is 3.53. The minimum absolute atomic E-state index is 0.404. The van der Waals surface area contributed by atoms with Gasteiger partial charge in [0.2, 0.25) is 0 Å². The number of imidazole rings is 1. The summed E-state index contributed by atoms with van der Waals surface area (Å²) in [5.74, 6) is 1.07. The molecule has 0 radical (unpaired) electrons. The number of aromatic amines is 1. The monoisotopic (exact) mass is 311 g/mol. The van der Waals surface area contributed by atoms with Gasteiger partial charge >= 0.3 is 0 Å². The summed E-state index contributed by atoms with van der Waals surface area (Å²) in [6.45, 7) is 1.10. The van der Waals surface area contributed by atoms with Gasteiger partial charge in [0.15, 0.2) is 0 Å². The number of hydrogen-bond donors (Lipinski definition) is 2. The van der Waals surface area contributed by atoms with Crippen LogP contribution in [-0.4, -0.2) is 16.5 Å². The van der Waals surface area contributed by atoms with Gasteiger partial charge < -0.3 is 10.3 Å².